The van der Waals surface area contributed by atoms with Crippen molar-refractivity contribution in [2.75, 3.05) is 16.0 Å². The van der Waals surface area contributed by atoms with Gasteiger partial charge in [0.05, 0.1) is 12.1 Å². The van der Waals surface area contributed by atoms with Crippen molar-refractivity contribution in [2.24, 2.45) is 0 Å². The molecule has 0 aliphatic rings. The van der Waals surface area contributed by atoms with Crippen molar-refractivity contribution in [3.63, 3.8) is 0 Å². The van der Waals surface area contributed by atoms with Gasteiger partial charge in [-0.1, -0.05) is 18.2 Å². The van der Waals surface area contributed by atoms with Crippen molar-refractivity contribution >= 4 is 50.6 Å². The Hall–Kier alpha value is -2.78. The number of urea groups is 1. The van der Waals surface area contributed by atoms with Crippen molar-refractivity contribution < 1.29 is 9.59 Å². The first kappa shape index (κ1) is 16.1. The van der Waals surface area contributed by atoms with Crippen molar-refractivity contribution in [1.29, 1.82) is 0 Å². The topological polar surface area (TPSA) is 96.0 Å². The Morgan fingerprint density at radius 1 is 1.00 bits per heavy atom. The van der Waals surface area contributed by atoms with Crippen molar-refractivity contribution in [2.45, 2.75) is 6.42 Å². The number of aromatic nitrogens is 2. The Bertz CT molecular complexity index is 818. The van der Waals surface area contributed by atoms with Crippen molar-refractivity contribution in [1.82, 2.24) is 9.97 Å². The van der Waals surface area contributed by atoms with Crippen LogP contribution in [0.1, 0.15) is 5.69 Å². The number of nitrogens with one attached hydrogen (secondary N) is 3. The van der Waals surface area contributed by atoms with Gasteiger partial charge < -0.3 is 10.6 Å². The molecule has 2 heterocycles. The Morgan fingerprint density at radius 3 is 2.58 bits per heavy atom. The zero-order valence-electron chi connectivity index (χ0n) is 12.4. The molecule has 24 heavy (non-hydrogen) atoms. The number of hydrogen-bond donors (Lipinski definition) is 3. The van der Waals surface area contributed by atoms with E-state index in [4.69, 9.17) is 0 Å². The van der Waals surface area contributed by atoms with E-state index >= 15 is 0 Å². The second kappa shape index (κ2) is 7.66. The molecule has 2 aromatic heterocycles. The number of amides is 3. The maximum absolute atomic E-state index is 11.9. The summed E-state index contributed by atoms with van der Waals surface area (Å²) in [7, 11) is 0. The van der Waals surface area contributed by atoms with Gasteiger partial charge in [0.1, 0.15) is 0 Å². The molecule has 0 unspecified atom stereocenters. The number of carbonyl (C=O) groups is 2. The smallest absolute Gasteiger partial charge is 0.308 e. The molecule has 122 valence electrons. The zero-order valence-corrected chi connectivity index (χ0v) is 14.0. The van der Waals surface area contributed by atoms with Crippen LogP contribution >= 0.6 is 22.7 Å². The van der Waals surface area contributed by atoms with Gasteiger partial charge in [0.15, 0.2) is 10.3 Å². The van der Waals surface area contributed by atoms with E-state index in [1.165, 1.54) is 22.7 Å². The number of nitrogens with zero attached hydrogens (tertiary/aromatic N) is 2. The van der Waals surface area contributed by atoms with Gasteiger partial charge in [-0.15, -0.1) is 22.7 Å². The Labute approximate surface area is 145 Å². The maximum atomic E-state index is 11.9. The zero-order chi connectivity index (χ0) is 16.8. The standard InChI is InChI=1S/C15H13N5O2S2/c21-12(19-14-16-6-7-23-14)8-11-9-24-15(18-11)20-13(22)17-10-4-2-1-3-5-10/h1-7,9H,8H2,(H,16,19,21)(H2,17,18,20,22). The average molecular weight is 359 g/mol. The molecule has 0 saturated heterocycles. The third-order valence-corrected chi connectivity index (χ3v) is 4.32. The molecule has 3 amide bonds. The lowest BCUT2D eigenvalue weighted by Crippen LogP contribution is -2.19. The van der Waals surface area contributed by atoms with Crippen LogP contribution < -0.4 is 16.0 Å². The van der Waals surface area contributed by atoms with Crippen LogP contribution in [-0.2, 0) is 11.2 Å². The molecule has 0 bridgehead atoms. The number of benzene rings is 1. The molecule has 0 atom stereocenters. The second-order valence-electron chi connectivity index (χ2n) is 4.65. The molecule has 3 rings (SSSR count). The summed E-state index contributed by atoms with van der Waals surface area (Å²) in [6, 6.07) is 8.73. The Morgan fingerprint density at radius 2 is 1.83 bits per heavy atom. The van der Waals surface area contributed by atoms with Crippen molar-refractivity contribution in [3.8, 4) is 0 Å². The lowest BCUT2D eigenvalue weighted by Gasteiger charge is -2.04. The van der Waals surface area contributed by atoms with Crippen LogP contribution in [0.5, 0.6) is 0 Å². The van der Waals surface area contributed by atoms with Crippen LogP contribution in [0.15, 0.2) is 47.3 Å². The summed E-state index contributed by atoms with van der Waals surface area (Å²) in [5.74, 6) is -0.199. The molecule has 0 aliphatic heterocycles. The first-order chi connectivity index (χ1) is 11.7. The minimum absolute atomic E-state index is 0.123. The van der Waals surface area contributed by atoms with E-state index in [0.29, 0.717) is 21.6 Å². The first-order valence-electron chi connectivity index (χ1n) is 6.96. The summed E-state index contributed by atoms with van der Waals surface area (Å²) in [5, 5.41) is 12.5. The highest BCUT2D eigenvalue weighted by Crippen LogP contribution is 2.17. The fourth-order valence-corrected chi connectivity index (χ4v) is 3.09. The number of anilines is 3. The van der Waals surface area contributed by atoms with Crippen LogP contribution in [-0.4, -0.2) is 21.9 Å². The second-order valence-corrected chi connectivity index (χ2v) is 6.40. The molecule has 0 radical (unpaired) electrons. The van der Waals surface area contributed by atoms with E-state index in [1.54, 1.807) is 29.1 Å². The molecule has 0 spiro atoms. The van der Waals surface area contributed by atoms with E-state index in [-0.39, 0.29) is 18.4 Å². The summed E-state index contributed by atoms with van der Waals surface area (Å²) in [5.41, 5.74) is 1.28. The molecule has 0 aliphatic carbocycles. The van der Waals surface area contributed by atoms with Gasteiger partial charge in [0.2, 0.25) is 5.91 Å². The average Bonchev–Trinajstić information content (AvgIpc) is 3.20. The number of hydrogen-bond acceptors (Lipinski definition) is 6. The molecule has 0 fully saturated rings. The van der Waals surface area contributed by atoms with E-state index in [1.807, 2.05) is 18.2 Å². The van der Waals surface area contributed by atoms with Gasteiger partial charge in [-0.25, -0.2) is 14.8 Å². The fraction of sp³-hybridized carbons (Fsp3) is 0.0667. The van der Waals surface area contributed by atoms with Crippen LogP contribution in [0.3, 0.4) is 0 Å². The predicted octanol–water partition coefficient (Wildman–Crippen LogP) is 3.42. The van der Waals surface area contributed by atoms with Gasteiger partial charge in [-0.3, -0.25) is 10.1 Å². The fourth-order valence-electron chi connectivity index (χ4n) is 1.84. The van der Waals surface area contributed by atoms with Crippen LogP contribution in [0, 0.1) is 0 Å². The van der Waals surface area contributed by atoms with Crippen LogP contribution in [0.2, 0.25) is 0 Å². The molecule has 0 saturated carbocycles. The molecular weight excluding hydrogens is 346 g/mol. The highest BCUT2D eigenvalue weighted by Gasteiger charge is 2.11. The summed E-state index contributed by atoms with van der Waals surface area (Å²) in [6.07, 6.45) is 1.74. The third kappa shape index (κ3) is 4.61. The van der Waals surface area contributed by atoms with Gasteiger partial charge in [0.25, 0.3) is 0 Å². The van der Waals surface area contributed by atoms with Crippen molar-refractivity contribution in [3.05, 3.63) is 53.0 Å². The van der Waals surface area contributed by atoms with E-state index < -0.39 is 0 Å². The van der Waals surface area contributed by atoms with E-state index in [2.05, 4.69) is 25.9 Å². The minimum Gasteiger partial charge on any atom is -0.308 e. The molecular formula is C15H13N5O2S2. The largest absolute Gasteiger partial charge is 0.325 e. The third-order valence-electron chi connectivity index (χ3n) is 2.82. The van der Waals surface area contributed by atoms with Gasteiger partial charge in [-0.05, 0) is 12.1 Å². The number of thiazole rings is 2. The highest BCUT2D eigenvalue weighted by molar-refractivity contribution is 7.14. The lowest BCUT2D eigenvalue weighted by atomic mass is 10.3. The van der Waals surface area contributed by atoms with E-state index in [9.17, 15) is 9.59 Å². The SMILES string of the molecule is O=C(Cc1csc(NC(=O)Nc2ccccc2)n1)Nc1nccs1. The predicted molar refractivity (Wildman–Crippen MR) is 95.6 cm³/mol. The molecule has 3 N–H and O–H groups in total. The summed E-state index contributed by atoms with van der Waals surface area (Å²) >= 11 is 2.61. The van der Waals surface area contributed by atoms with Crippen LogP contribution in [0.4, 0.5) is 20.7 Å². The maximum Gasteiger partial charge on any atom is 0.325 e. The Kier molecular flexibility index (Phi) is 5.14. The quantitative estimate of drug-likeness (QED) is 0.650. The van der Waals surface area contributed by atoms with Crippen LogP contribution in [0.25, 0.3) is 0 Å². The van der Waals surface area contributed by atoms with E-state index in [0.717, 1.165) is 0 Å². The van der Waals surface area contributed by atoms with Gasteiger partial charge in [-0.2, -0.15) is 0 Å². The highest BCUT2D eigenvalue weighted by atomic mass is 32.1. The summed E-state index contributed by atoms with van der Waals surface area (Å²) in [4.78, 5) is 32.0. The molecule has 9 heteroatoms. The number of carbonyl (C=O) groups excluding carboxylic acids is 2. The molecule has 3 aromatic rings. The monoisotopic (exact) mass is 359 g/mol. The lowest BCUT2D eigenvalue weighted by molar-refractivity contribution is -0.115. The summed E-state index contributed by atoms with van der Waals surface area (Å²) in [6.45, 7) is 0. The first-order valence-corrected chi connectivity index (χ1v) is 8.72. The van der Waals surface area contributed by atoms with Gasteiger partial charge >= 0.3 is 6.03 Å². The van der Waals surface area contributed by atoms with Gasteiger partial charge in [0, 0.05) is 22.6 Å². The molecule has 1 aromatic carbocycles. The molecule has 7 nitrogen and oxygen atoms in total. The summed E-state index contributed by atoms with van der Waals surface area (Å²) < 4.78 is 0. The number of para-hydroxylation sites is 1. The number of rotatable bonds is 5. The minimum atomic E-state index is -0.380. The Balaban J connectivity index is 1.51. The normalized spacial score (nSPS) is 10.2.